The lowest BCUT2D eigenvalue weighted by Gasteiger charge is -2.10. The normalized spacial score (nSPS) is 12.3. The van der Waals surface area contributed by atoms with Crippen molar-refractivity contribution in [2.75, 3.05) is 6.61 Å². The van der Waals surface area contributed by atoms with Crippen LogP contribution in [-0.2, 0) is 22.7 Å². The van der Waals surface area contributed by atoms with E-state index in [1.54, 1.807) is 24.3 Å². The van der Waals surface area contributed by atoms with Gasteiger partial charge in [-0.05, 0) is 31.2 Å². The molecule has 0 saturated heterocycles. The Morgan fingerprint density at radius 3 is 2.64 bits per heavy atom. The quantitative estimate of drug-likeness (QED) is 0.592. The molecule has 2 aromatic heterocycles. The van der Waals surface area contributed by atoms with Crippen LogP contribution in [-0.4, -0.2) is 25.2 Å². The molecule has 0 radical (unpaired) electrons. The van der Waals surface area contributed by atoms with Crippen LogP contribution in [0.15, 0.2) is 46.7 Å². The van der Waals surface area contributed by atoms with Crippen molar-refractivity contribution in [2.24, 2.45) is 0 Å². The third-order valence-corrected chi connectivity index (χ3v) is 6.71. The van der Waals surface area contributed by atoms with Crippen molar-refractivity contribution in [3.05, 3.63) is 53.7 Å². The van der Waals surface area contributed by atoms with Crippen LogP contribution in [0.4, 0.5) is 13.2 Å². The molecule has 0 amide bonds. The molecular formula is C17H16F3N3O3S2. The van der Waals surface area contributed by atoms with Crippen molar-refractivity contribution in [1.29, 1.82) is 0 Å². The van der Waals surface area contributed by atoms with Crippen LogP contribution in [0.2, 0.25) is 0 Å². The van der Waals surface area contributed by atoms with Gasteiger partial charge in [-0.2, -0.15) is 18.3 Å². The molecule has 0 saturated carbocycles. The van der Waals surface area contributed by atoms with E-state index in [9.17, 15) is 21.6 Å². The second-order valence-electron chi connectivity index (χ2n) is 5.65. The lowest BCUT2D eigenvalue weighted by atomic mass is 10.2. The molecule has 6 nitrogen and oxygen atoms in total. The molecule has 0 aliphatic rings. The van der Waals surface area contributed by atoms with Gasteiger partial charge in [0.25, 0.3) is 0 Å². The van der Waals surface area contributed by atoms with E-state index in [2.05, 4.69) is 9.82 Å². The molecule has 0 spiro atoms. The Morgan fingerprint density at radius 1 is 1.21 bits per heavy atom. The zero-order valence-corrected chi connectivity index (χ0v) is 16.2. The smallest absolute Gasteiger partial charge is 0.432 e. The van der Waals surface area contributed by atoms with E-state index in [1.807, 2.05) is 12.0 Å². The first-order chi connectivity index (χ1) is 13.2. The largest absolute Gasteiger partial charge is 0.494 e. The van der Waals surface area contributed by atoms with Gasteiger partial charge in [0, 0.05) is 12.1 Å². The molecule has 0 aliphatic heterocycles. The van der Waals surface area contributed by atoms with Gasteiger partial charge in [0.15, 0.2) is 0 Å². The van der Waals surface area contributed by atoms with Crippen molar-refractivity contribution >= 4 is 21.4 Å². The summed E-state index contributed by atoms with van der Waals surface area (Å²) >= 11 is 0.835. The van der Waals surface area contributed by atoms with Gasteiger partial charge in [-0.15, -0.1) is 11.3 Å². The summed E-state index contributed by atoms with van der Waals surface area (Å²) in [7, 11) is -3.85. The maximum Gasteiger partial charge on any atom is 0.432 e. The number of alkyl halides is 3. The number of H-pyrrole nitrogens is 1. The number of aromatic amines is 1. The van der Waals surface area contributed by atoms with Gasteiger partial charge in [0.05, 0.1) is 11.5 Å². The molecule has 3 rings (SSSR count). The molecule has 0 unspecified atom stereocenters. The van der Waals surface area contributed by atoms with Crippen LogP contribution >= 0.6 is 11.3 Å². The topological polar surface area (TPSA) is 84.1 Å². The Hall–Kier alpha value is -2.37. The summed E-state index contributed by atoms with van der Waals surface area (Å²) in [6.45, 7) is 2.29. The highest BCUT2D eigenvalue weighted by atomic mass is 32.2. The number of thiophene rings is 1. The SMILES string of the molecule is CCOc1ccccc1CNS(=O)(=O)c1ccc(-c2cc(C(F)(F)F)[nH]n2)s1. The number of hydrogen-bond donors (Lipinski definition) is 2. The van der Waals surface area contributed by atoms with Crippen molar-refractivity contribution in [3.63, 3.8) is 0 Å². The third-order valence-electron chi connectivity index (χ3n) is 3.71. The van der Waals surface area contributed by atoms with Crippen molar-refractivity contribution in [3.8, 4) is 16.3 Å². The maximum absolute atomic E-state index is 12.7. The van der Waals surface area contributed by atoms with E-state index in [0.29, 0.717) is 22.8 Å². The fourth-order valence-corrected chi connectivity index (χ4v) is 4.70. The number of aromatic nitrogens is 2. The van der Waals surface area contributed by atoms with E-state index in [-0.39, 0.29) is 16.4 Å². The van der Waals surface area contributed by atoms with E-state index >= 15 is 0 Å². The third kappa shape index (κ3) is 4.54. The molecule has 11 heteroatoms. The molecule has 0 atom stereocenters. The number of hydrogen-bond acceptors (Lipinski definition) is 5. The Morgan fingerprint density at radius 2 is 1.96 bits per heavy atom. The Labute approximate surface area is 163 Å². The molecule has 1 aromatic carbocycles. The predicted octanol–water partition coefficient (Wildman–Crippen LogP) is 4.03. The van der Waals surface area contributed by atoms with Crippen LogP contribution in [0.5, 0.6) is 5.75 Å². The van der Waals surface area contributed by atoms with Gasteiger partial charge < -0.3 is 4.74 Å². The maximum atomic E-state index is 12.7. The van der Waals surface area contributed by atoms with Gasteiger partial charge in [0.1, 0.15) is 21.3 Å². The number of benzene rings is 1. The number of nitrogens with zero attached hydrogens (tertiary/aromatic N) is 1. The highest BCUT2D eigenvalue weighted by Gasteiger charge is 2.33. The van der Waals surface area contributed by atoms with Gasteiger partial charge in [-0.3, -0.25) is 5.10 Å². The fraction of sp³-hybridized carbons (Fsp3) is 0.235. The Kier molecular flexibility index (Phi) is 5.77. The standard InChI is InChI=1S/C17H16F3N3O3S2/c1-2-26-13-6-4-3-5-11(13)10-21-28(24,25)16-8-7-14(27-16)12-9-15(23-22-12)17(18,19)20/h3-9,21H,2,10H2,1H3,(H,22,23). The average Bonchev–Trinajstić information content (AvgIpc) is 3.30. The van der Waals surface area contributed by atoms with Crippen molar-refractivity contribution < 1.29 is 26.3 Å². The van der Waals surface area contributed by atoms with E-state index in [1.165, 1.54) is 12.1 Å². The number of ether oxygens (including phenoxy) is 1. The van der Waals surface area contributed by atoms with Gasteiger partial charge in [-0.1, -0.05) is 18.2 Å². The first kappa shape index (κ1) is 20.4. The van der Waals surface area contributed by atoms with Crippen LogP contribution in [0.3, 0.4) is 0 Å². The van der Waals surface area contributed by atoms with Crippen LogP contribution in [0, 0.1) is 0 Å². The van der Waals surface area contributed by atoms with Crippen molar-refractivity contribution in [2.45, 2.75) is 23.9 Å². The van der Waals surface area contributed by atoms with Crippen LogP contribution in [0.25, 0.3) is 10.6 Å². The van der Waals surface area contributed by atoms with E-state index in [0.717, 1.165) is 17.4 Å². The first-order valence-electron chi connectivity index (χ1n) is 8.14. The summed E-state index contributed by atoms with van der Waals surface area (Å²) < 4.78 is 71.0. The summed E-state index contributed by atoms with van der Waals surface area (Å²) in [6.07, 6.45) is -4.55. The molecule has 0 fully saturated rings. The zero-order chi connectivity index (χ0) is 20.4. The molecular weight excluding hydrogens is 415 g/mol. The molecule has 2 heterocycles. The number of sulfonamides is 1. The first-order valence-corrected chi connectivity index (χ1v) is 10.4. The van der Waals surface area contributed by atoms with Gasteiger partial charge in [0.2, 0.25) is 10.0 Å². The van der Waals surface area contributed by atoms with Crippen LogP contribution < -0.4 is 9.46 Å². The highest BCUT2D eigenvalue weighted by molar-refractivity contribution is 7.91. The monoisotopic (exact) mass is 431 g/mol. The second-order valence-corrected chi connectivity index (χ2v) is 8.73. The summed E-state index contributed by atoms with van der Waals surface area (Å²) in [5, 5.41) is 5.52. The summed E-state index contributed by atoms with van der Waals surface area (Å²) in [6, 6.07) is 10.6. The minimum atomic E-state index is -4.55. The lowest BCUT2D eigenvalue weighted by Crippen LogP contribution is -2.22. The average molecular weight is 431 g/mol. The molecule has 150 valence electrons. The Balaban J connectivity index is 1.76. The van der Waals surface area contributed by atoms with Crippen molar-refractivity contribution in [1.82, 2.24) is 14.9 Å². The van der Waals surface area contributed by atoms with E-state index < -0.39 is 21.9 Å². The zero-order valence-electron chi connectivity index (χ0n) is 14.6. The number of halogens is 3. The molecule has 0 bridgehead atoms. The molecule has 28 heavy (non-hydrogen) atoms. The highest BCUT2D eigenvalue weighted by Crippen LogP contribution is 2.34. The molecule has 3 aromatic rings. The number of nitrogens with one attached hydrogen (secondary N) is 2. The minimum absolute atomic E-state index is 0.0202. The summed E-state index contributed by atoms with van der Waals surface area (Å²) in [5.74, 6) is 0.579. The van der Waals surface area contributed by atoms with Crippen LogP contribution in [0.1, 0.15) is 18.2 Å². The van der Waals surface area contributed by atoms with E-state index in [4.69, 9.17) is 4.74 Å². The predicted molar refractivity (Wildman–Crippen MR) is 98.5 cm³/mol. The minimum Gasteiger partial charge on any atom is -0.494 e. The summed E-state index contributed by atoms with van der Waals surface area (Å²) in [5.41, 5.74) is -0.293. The lowest BCUT2D eigenvalue weighted by molar-refractivity contribution is -0.141. The number of rotatable bonds is 7. The molecule has 2 N–H and O–H groups in total. The fourth-order valence-electron chi connectivity index (χ4n) is 2.39. The van der Waals surface area contributed by atoms with Gasteiger partial charge >= 0.3 is 6.18 Å². The molecule has 0 aliphatic carbocycles. The second kappa shape index (κ2) is 7.94. The Bertz CT molecular complexity index is 1060. The summed E-state index contributed by atoms with van der Waals surface area (Å²) in [4.78, 5) is 0.307. The van der Waals surface area contributed by atoms with Gasteiger partial charge in [-0.25, -0.2) is 13.1 Å². The number of para-hydroxylation sites is 1.